The van der Waals surface area contributed by atoms with Crippen LogP contribution in [0.2, 0.25) is 5.02 Å². The third kappa shape index (κ3) is 2.05. The minimum absolute atomic E-state index is 0.362. The lowest BCUT2D eigenvalue weighted by molar-refractivity contribution is 0.0373. The number of benzene rings is 1. The Hall–Kier alpha value is -1.78. The van der Waals surface area contributed by atoms with Crippen molar-refractivity contribution in [2.45, 2.75) is 6.23 Å². The first-order valence-electron chi connectivity index (χ1n) is 5.10. The van der Waals surface area contributed by atoms with E-state index in [1.807, 2.05) is 30.3 Å². The second kappa shape index (κ2) is 4.24. The summed E-state index contributed by atoms with van der Waals surface area (Å²) in [5.74, 6) is 0.688. The Kier molecular flexibility index (Phi) is 2.59. The maximum Gasteiger partial charge on any atom is 0.205 e. The third-order valence-electron chi connectivity index (χ3n) is 2.46. The van der Waals surface area contributed by atoms with Crippen molar-refractivity contribution < 1.29 is 9.25 Å². The van der Waals surface area contributed by atoms with Crippen LogP contribution < -0.4 is 5.48 Å². The molecule has 86 valence electrons. The van der Waals surface area contributed by atoms with Gasteiger partial charge >= 0.3 is 0 Å². The van der Waals surface area contributed by atoms with E-state index in [4.69, 9.17) is 20.9 Å². The van der Waals surface area contributed by atoms with Crippen molar-refractivity contribution in [3.63, 3.8) is 0 Å². The molecule has 0 amide bonds. The first kappa shape index (κ1) is 10.4. The first-order chi connectivity index (χ1) is 8.33. The van der Waals surface area contributed by atoms with Crippen LogP contribution in [0.25, 0.3) is 0 Å². The Morgan fingerprint density at radius 3 is 2.71 bits per heavy atom. The summed E-state index contributed by atoms with van der Waals surface area (Å²) in [5, 5.41) is 0.694. The Bertz CT molecular complexity index is 534. The zero-order valence-electron chi connectivity index (χ0n) is 8.76. The van der Waals surface area contributed by atoms with Crippen molar-refractivity contribution in [2.75, 3.05) is 0 Å². The van der Waals surface area contributed by atoms with E-state index < -0.39 is 0 Å². The van der Waals surface area contributed by atoms with Crippen molar-refractivity contribution in [3.05, 3.63) is 59.0 Å². The Morgan fingerprint density at radius 1 is 1.18 bits per heavy atom. The molecule has 1 aromatic carbocycles. The van der Waals surface area contributed by atoms with Crippen LogP contribution in [0.15, 0.2) is 52.3 Å². The molecule has 1 atom stereocenters. The highest BCUT2D eigenvalue weighted by atomic mass is 35.5. The van der Waals surface area contributed by atoms with Gasteiger partial charge in [0.05, 0.1) is 12.5 Å². The van der Waals surface area contributed by atoms with E-state index in [2.05, 4.69) is 10.5 Å². The lowest BCUT2D eigenvalue weighted by atomic mass is 10.2. The molecule has 0 saturated carbocycles. The molecule has 2 aromatic rings. The summed E-state index contributed by atoms with van der Waals surface area (Å²) in [5.41, 5.74) is 4.60. The molecular formula is C12H9ClN2O2. The lowest BCUT2D eigenvalue weighted by Gasteiger charge is -2.01. The van der Waals surface area contributed by atoms with Crippen LogP contribution in [0.3, 0.4) is 0 Å². The highest BCUT2D eigenvalue weighted by molar-refractivity contribution is 6.30. The molecule has 1 aliphatic rings. The van der Waals surface area contributed by atoms with Crippen molar-refractivity contribution in [1.29, 1.82) is 0 Å². The average Bonchev–Trinajstić information content (AvgIpc) is 3.00. The number of nitrogens with zero attached hydrogens (tertiary/aromatic N) is 1. The summed E-state index contributed by atoms with van der Waals surface area (Å²) in [6.45, 7) is 0. The highest BCUT2D eigenvalue weighted by Crippen LogP contribution is 2.23. The van der Waals surface area contributed by atoms with Gasteiger partial charge in [-0.2, -0.15) is 0 Å². The van der Waals surface area contributed by atoms with E-state index in [1.54, 1.807) is 12.5 Å². The van der Waals surface area contributed by atoms with Crippen molar-refractivity contribution in [3.8, 4) is 0 Å². The van der Waals surface area contributed by atoms with E-state index in [0.717, 1.165) is 11.1 Å². The fraction of sp³-hybridized carbons (Fsp3) is 0.0833. The van der Waals surface area contributed by atoms with Gasteiger partial charge in [-0.05, 0) is 30.3 Å². The number of amidine groups is 1. The molecule has 0 radical (unpaired) electrons. The lowest BCUT2D eigenvalue weighted by Crippen LogP contribution is -2.17. The molecule has 0 fully saturated rings. The Morgan fingerprint density at radius 2 is 2.00 bits per heavy atom. The number of aliphatic imine (C=N–C) groups is 1. The molecule has 5 heteroatoms. The molecule has 0 saturated heterocycles. The van der Waals surface area contributed by atoms with Gasteiger partial charge in [0.1, 0.15) is 0 Å². The molecule has 1 N–H and O–H groups in total. The SMILES string of the molecule is Clc1ccc(C2=NC(c3ccoc3)ON2)cc1. The topological polar surface area (TPSA) is 46.8 Å². The molecule has 1 unspecified atom stereocenters. The van der Waals surface area contributed by atoms with Crippen LogP contribution in [-0.4, -0.2) is 5.84 Å². The van der Waals surface area contributed by atoms with Crippen molar-refractivity contribution >= 4 is 17.4 Å². The maximum absolute atomic E-state index is 5.82. The normalized spacial score (nSPS) is 18.9. The minimum Gasteiger partial charge on any atom is -0.472 e. The molecule has 0 aliphatic carbocycles. The second-order valence-electron chi connectivity index (χ2n) is 3.61. The highest BCUT2D eigenvalue weighted by Gasteiger charge is 2.21. The largest absolute Gasteiger partial charge is 0.472 e. The average molecular weight is 249 g/mol. The summed E-state index contributed by atoms with van der Waals surface area (Å²) >= 11 is 5.82. The van der Waals surface area contributed by atoms with E-state index in [0.29, 0.717) is 10.9 Å². The van der Waals surface area contributed by atoms with Crippen LogP contribution in [-0.2, 0) is 4.84 Å². The molecule has 2 heterocycles. The molecule has 1 aromatic heterocycles. The van der Waals surface area contributed by atoms with Crippen LogP contribution >= 0.6 is 11.6 Å². The third-order valence-corrected chi connectivity index (χ3v) is 2.71. The summed E-state index contributed by atoms with van der Waals surface area (Å²) in [6, 6.07) is 9.21. The van der Waals surface area contributed by atoms with E-state index in [-0.39, 0.29) is 6.23 Å². The summed E-state index contributed by atoms with van der Waals surface area (Å²) in [6.07, 6.45) is 2.84. The number of rotatable bonds is 2. The Labute approximate surface area is 103 Å². The summed E-state index contributed by atoms with van der Waals surface area (Å²) < 4.78 is 4.99. The van der Waals surface area contributed by atoms with Gasteiger partial charge in [-0.25, -0.2) is 15.3 Å². The van der Waals surface area contributed by atoms with Crippen LogP contribution in [0.1, 0.15) is 17.4 Å². The number of furan rings is 1. The standard InChI is InChI=1S/C12H9ClN2O2/c13-10-3-1-8(2-4-10)11-14-12(17-15-11)9-5-6-16-7-9/h1-7,12H,(H,14,15). The van der Waals surface area contributed by atoms with Gasteiger partial charge < -0.3 is 4.42 Å². The summed E-state index contributed by atoms with van der Waals surface area (Å²) in [4.78, 5) is 9.76. The predicted molar refractivity (Wildman–Crippen MR) is 63.7 cm³/mol. The van der Waals surface area contributed by atoms with Crippen LogP contribution in [0.5, 0.6) is 0 Å². The van der Waals surface area contributed by atoms with Crippen molar-refractivity contribution in [2.24, 2.45) is 4.99 Å². The number of nitrogens with one attached hydrogen (secondary N) is 1. The first-order valence-corrected chi connectivity index (χ1v) is 5.48. The van der Waals surface area contributed by atoms with Gasteiger partial charge in [0.25, 0.3) is 0 Å². The smallest absolute Gasteiger partial charge is 0.205 e. The Balaban J connectivity index is 1.86. The molecular weight excluding hydrogens is 240 g/mol. The summed E-state index contributed by atoms with van der Waals surface area (Å²) in [7, 11) is 0. The van der Waals surface area contributed by atoms with E-state index in [9.17, 15) is 0 Å². The molecule has 1 aliphatic heterocycles. The van der Waals surface area contributed by atoms with Crippen LogP contribution in [0.4, 0.5) is 0 Å². The predicted octanol–water partition coefficient (Wildman–Crippen LogP) is 2.91. The van der Waals surface area contributed by atoms with E-state index >= 15 is 0 Å². The van der Waals surface area contributed by atoms with Crippen molar-refractivity contribution in [1.82, 2.24) is 5.48 Å². The fourth-order valence-corrected chi connectivity index (χ4v) is 1.71. The van der Waals surface area contributed by atoms with Gasteiger partial charge in [-0.3, -0.25) is 0 Å². The van der Waals surface area contributed by atoms with Crippen LogP contribution in [0, 0.1) is 0 Å². The molecule has 3 rings (SSSR count). The molecule has 0 bridgehead atoms. The number of halogens is 1. The van der Waals surface area contributed by atoms with E-state index in [1.165, 1.54) is 0 Å². The number of hydrogen-bond donors (Lipinski definition) is 1. The van der Waals surface area contributed by atoms with Gasteiger partial charge in [-0.1, -0.05) is 11.6 Å². The molecule has 17 heavy (non-hydrogen) atoms. The zero-order valence-corrected chi connectivity index (χ0v) is 9.52. The second-order valence-corrected chi connectivity index (χ2v) is 4.05. The van der Waals surface area contributed by atoms with Gasteiger partial charge in [0.15, 0.2) is 5.84 Å². The number of hydrogen-bond acceptors (Lipinski definition) is 4. The monoisotopic (exact) mass is 248 g/mol. The maximum atomic E-state index is 5.82. The fourth-order valence-electron chi connectivity index (χ4n) is 1.58. The zero-order chi connectivity index (χ0) is 11.7. The van der Waals surface area contributed by atoms with Gasteiger partial charge in [0.2, 0.25) is 6.23 Å². The van der Waals surface area contributed by atoms with Gasteiger partial charge in [-0.15, -0.1) is 0 Å². The molecule has 0 spiro atoms. The number of hydroxylamine groups is 1. The quantitative estimate of drug-likeness (QED) is 0.889. The van der Waals surface area contributed by atoms with Gasteiger partial charge in [0, 0.05) is 16.1 Å². The molecule has 4 nitrogen and oxygen atoms in total. The minimum atomic E-state index is -0.362.